The summed E-state index contributed by atoms with van der Waals surface area (Å²) in [6, 6.07) is 11.9. The Balaban J connectivity index is 1.58. The molecule has 4 aromatic rings. The van der Waals surface area contributed by atoms with Crippen molar-refractivity contribution >= 4 is 28.9 Å². The van der Waals surface area contributed by atoms with Crippen molar-refractivity contribution in [2.75, 3.05) is 29.5 Å². The number of aromatic nitrogens is 4. The Morgan fingerprint density at radius 1 is 1.07 bits per heavy atom. The number of alkyl halides is 3. The number of aliphatic hydroxyl groups excluding tert-OH is 1. The third-order valence-corrected chi connectivity index (χ3v) is 6.07. The number of nitrogens with one attached hydrogen (secondary N) is 4. The lowest BCUT2D eigenvalue weighted by Crippen LogP contribution is -2.24. The molecule has 4 rings (SSSR count). The second kappa shape index (κ2) is 12.4. The van der Waals surface area contributed by atoms with Gasteiger partial charge in [0.15, 0.2) is 5.82 Å². The molecule has 0 spiro atoms. The Bertz CT molecular complexity index is 1540. The molecule has 0 saturated carbocycles. The van der Waals surface area contributed by atoms with Gasteiger partial charge in [-0.25, -0.2) is 9.97 Å². The molecule has 0 fully saturated rings. The summed E-state index contributed by atoms with van der Waals surface area (Å²) in [5.74, 6) is 1.07. The van der Waals surface area contributed by atoms with Gasteiger partial charge in [-0.15, -0.1) is 0 Å². The van der Waals surface area contributed by atoms with E-state index in [0.717, 1.165) is 23.4 Å². The zero-order valence-electron chi connectivity index (χ0n) is 23.0. The van der Waals surface area contributed by atoms with Gasteiger partial charge in [0.25, 0.3) is 5.91 Å². The number of carbonyl (C=O) groups excluding carboxylic acids is 1. The zero-order chi connectivity index (χ0) is 29.7. The summed E-state index contributed by atoms with van der Waals surface area (Å²) in [6.45, 7) is 5.54. The first kappa shape index (κ1) is 29.5. The Morgan fingerprint density at radius 2 is 1.85 bits per heavy atom. The SMILES string of the molecule is CNc1cc(-n2nc(C)cc2Nc2cc(NC(=O)c3cc(CNCC(C)O)cc(C(F)(F)F)c3)ccc2C)ncn1. The molecule has 216 valence electrons. The lowest BCUT2D eigenvalue weighted by molar-refractivity contribution is -0.137. The van der Waals surface area contributed by atoms with Gasteiger partial charge in [0, 0.05) is 49.2 Å². The van der Waals surface area contributed by atoms with Crippen LogP contribution in [0.25, 0.3) is 5.82 Å². The third-order valence-electron chi connectivity index (χ3n) is 6.07. The minimum absolute atomic E-state index is 0.0585. The fourth-order valence-electron chi connectivity index (χ4n) is 4.05. The number of benzene rings is 2. The van der Waals surface area contributed by atoms with Crippen LogP contribution in [-0.2, 0) is 12.7 Å². The van der Waals surface area contributed by atoms with E-state index in [9.17, 15) is 23.1 Å². The van der Waals surface area contributed by atoms with Gasteiger partial charge in [0.05, 0.1) is 17.4 Å². The van der Waals surface area contributed by atoms with Gasteiger partial charge in [-0.2, -0.15) is 23.0 Å². The number of aliphatic hydroxyl groups is 1. The number of nitrogens with zero attached hydrogens (tertiary/aromatic N) is 4. The van der Waals surface area contributed by atoms with E-state index in [1.165, 1.54) is 12.4 Å². The first-order chi connectivity index (χ1) is 19.4. The Kier molecular flexibility index (Phi) is 8.89. The summed E-state index contributed by atoms with van der Waals surface area (Å²) in [7, 11) is 1.75. The number of amides is 1. The minimum Gasteiger partial charge on any atom is -0.392 e. The minimum atomic E-state index is -4.63. The predicted molar refractivity (Wildman–Crippen MR) is 151 cm³/mol. The van der Waals surface area contributed by atoms with Gasteiger partial charge in [0.2, 0.25) is 0 Å². The Hall–Kier alpha value is -4.49. The number of rotatable bonds is 10. The predicted octanol–water partition coefficient (Wildman–Crippen LogP) is 4.81. The molecule has 10 nitrogen and oxygen atoms in total. The third kappa shape index (κ3) is 7.58. The number of hydrogen-bond donors (Lipinski definition) is 5. The average Bonchev–Trinajstić information content (AvgIpc) is 3.29. The molecule has 2 aromatic carbocycles. The van der Waals surface area contributed by atoms with Crippen molar-refractivity contribution in [3.8, 4) is 5.82 Å². The maximum absolute atomic E-state index is 13.6. The molecule has 5 N–H and O–H groups in total. The van der Waals surface area contributed by atoms with Crippen LogP contribution in [0.15, 0.2) is 54.9 Å². The van der Waals surface area contributed by atoms with Crippen molar-refractivity contribution in [2.45, 2.75) is 39.6 Å². The van der Waals surface area contributed by atoms with Crippen LogP contribution in [0.2, 0.25) is 0 Å². The number of aryl methyl sites for hydroxylation is 2. The van der Waals surface area contributed by atoms with Crippen LogP contribution < -0.4 is 21.3 Å². The highest BCUT2D eigenvalue weighted by Gasteiger charge is 2.31. The highest BCUT2D eigenvalue weighted by atomic mass is 19.4. The summed E-state index contributed by atoms with van der Waals surface area (Å²) < 4.78 is 42.3. The summed E-state index contributed by atoms with van der Waals surface area (Å²) >= 11 is 0. The molecule has 0 radical (unpaired) electrons. The van der Waals surface area contributed by atoms with Crippen LogP contribution in [-0.4, -0.2) is 50.5 Å². The summed E-state index contributed by atoms with van der Waals surface area (Å²) in [5, 5.41) is 25.8. The van der Waals surface area contributed by atoms with Gasteiger partial charge in [-0.05, 0) is 62.2 Å². The highest BCUT2D eigenvalue weighted by molar-refractivity contribution is 6.04. The monoisotopic (exact) mass is 568 g/mol. The summed E-state index contributed by atoms with van der Waals surface area (Å²) in [6.07, 6.45) is -3.87. The van der Waals surface area contributed by atoms with Crippen LogP contribution in [0.4, 0.5) is 36.2 Å². The van der Waals surface area contributed by atoms with Crippen molar-refractivity contribution in [3.05, 3.63) is 82.8 Å². The lowest BCUT2D eigenvalue weighted by atomic mass is 10.0. The van der Waals surface area contributed by atoms with E-state index in [2.05, 4.69) is 36.3 Å². The van der Waals surface area contributed by atoms with Crippen molar-refractivity contribution in [1.82, 2.24) is 25.1 Å². The van der Waals surface area contributed by atoms with E-state index < -0.39 is 23.8 Å². The first-order valence-corrected chi connectivity index (χ1v) is 12.8. The van der Waals surface area contributed by atoms with Crippen molar-refractivity contribution in [3.63, 3.8) is 0 Å². The molecule has 2 heterocycles. The Labute approximate surface area is 235 Å². The van der Waals surface area contributed by atoms with Crippen LogP contribution in [0.1, 0.15) is 39.7 Å². The largest absolute Gasteiger partial charge is 0.416 e. The number of anilines is 4. The molecule has 1 atom stereocenters. The van der Waals surface area contributed by atoms with E-state index in [1.54, 1.807) is 42.9 Å². The zero-order valence-corrected chi connectivity index (χ0v) is 23.0. The number of carbonyl (C=O) groups is 1. The van der Waals surface area contributed by atoms with Crippen molar-refractivity contribution < 1.29 is 23.1 Å². The summed E-state index contributed by atoms with van der Waals surface area (Å²) in [5.41, 5.74) is 1.84. The molecule has 0 bridgehead atoms. The number of hydrogen-bond acceptors (Lipinski definition) is 8. The fraction of sp³-hybridized carbons (Fsp3) is 0.286. The second-order valence-corrected chi connectivity index (χ2v) is 9.60. The van der Waals surface area contributed by atoms with E-state index in [4.69, 9.17) is 0 Å². The topological polar surface area (TPSA) is 129 Å². The second-order valence-electron chi connectivity index (χ2n) is 9.60. The molecule has 13 heteroatoms. The van der Waals surface area contributed by atoms with Gasteiger partial charge >= 0.3 is 6.18 Å². The van der Waals surface area contributed by atoms with E-state index in [0.29, 0.717) is 28.8 Å². The molecule has 1 unspecified atom stereocenters. The molecule has 0 aliphatic rings. The molecule has 0 saturated heterocycles. The maximum Gasteiger partial charge on any atom is 0.416 e. The van der Waals surface area contributed by atoms with Gasteiger partial charge in [-0.3, -0.25) is 4.79 Å². The molecular formula is C28H31F3N8O2. The van der Waals surface area contributed by atoms with Crippen LogP contribution in [0.3, 0.4) is 0 Å². The van der Waals surface area contributed by atoms with E-state index in [-0.39, 0.29) is 24.2 Å². The fourth-order valence-corrected chi connectivity index (χ4v) is 4.05. The van der Waals surface area contributed by atoms with Crippen LogP contribution >= 0.6 is 0 Å². The van der Waals surface area contributed by atoms with Crippen molar-refractivity contribution in [1.29, 1.82) is 0 Å². The van der Waals surface area contributed by atoms with Gasteiger partial charge < -0.3 is 26.4 Å². The molecule has 0 aliphatic heterocycles. The smallest absolute Gasteiger partial charge is 0.392 e. The summed E-state index contributed by atoms with van der Waals surface area (Å²) in [4.78, 5) is 21.5. The highest BCUT2D eigenvalue weighted by Crippen LogP contribution is 2.31. The van der Waals surface area contributed by atoms with Gasteiger partial charge in [-0.1, -0.05) is 6.07 Å². The van der Waals surface area contributed by atoms with Crippen LogP contribution in [0, 0.1) is 13.8 Å². The van der Waals surface area contributed by atoms with E-state index in [1.807, 2.05) is 19.9 Å². The molecule has 2 aromatic heterocycles. The van der Waals surface area contributed by atoms with Crippen LogP contribution in [0.5, 0.6) is 0 Å². The Morgan fingerprint density at radius 3 is 2.56 bits per heavy atom. The standard InChI is InChI=1S/C28H31F3N8O2/c1-16-5-6-22(11-23(16)37-26-7-17(2)38-39(26)25-12-24(32-4)34-15-35-25)36-27(41)20-8-19(14-33-13-18(3)40)9-21(10-20)28(29,30)31/h5-12,15,18,33,37,40H,13-14H2,1-4H3,(H,36,41)(H,32,34,35). The number of halogens is 3. The van der Waals surface area contributed by atoms with E-state index >= 15 is 0 Å². The maximum atomic E-state index is 13.6. The first-order valence-electron chi connectivity index (χ1n) is 12.8. The average molecular weight is 569 g/mol. The normalized spacial score (nSPS) is 12.2. The molecular weight excluding hydrogens is 537 g/mol. The quantitative estimate of drug-likeness (QED) is 0.184. The molecule has 0 aliphatic carbocycles. The molecule has 41 heavy (non-hydrogen) atoms. The molecule has 1 amide bonds. The lowest BCUT2D eigenvalue weighted by Gasteiger charge is -2.15. The van der Waals surface area contributed by atoms with Gasteiger partial charge in [0.1, 0.15) is 18.0 Å². The van der Waals surface area contributed by atoms with Crippen molar-refractivity contribution in [2.24, 2.45) is 0 Å².